The van der Waals surface area contributed by atoms with Gasteiger partial charge in [0.15, 0.2) is 0 Å². The monoisotopic (exact) mass is 571 g/mol. The molecule has 0 aliphatic heterocycles. The number of anilines is 1. The maximum atomic E-state index is 13.2. The second-order valence-electron chi connectivity index (χ2n) is 9.49. The van der Waals surface area contributed by atoms with Crippen LogP contribution in [0, 0.1) is 5.82 Å². The van der Waals surface area contributed by atoms with Gasteiger partial charge in [0.05, 0.1) is 11.9 Å². The van der Waals surface area contributed by atoms with E-state index in [2.05, 4.69) is 0 Å². The fraction of sp³-hybridized carbons (Fsp3) is 0.250. The lowest BCUT2D eigenvalue weighted by Crippen LogP contribution is -2.34. The Kier molecular flexibility index (Phi) is 7.21. The second kappa shape index (κ2) is 10.5. The number of hydrogen-bond donors (Lipinski definition) is 1. The first kappa shape index (κ1) is 26.9. The smallest absolute Gasteiger partial charge is 0.340 e. The van der Waals surface area contributed by atoms with Crippen molar-refractivity contribution in [3.8, 4) is 22.8 Å². The molecule has 0 radical (unpaired) electrons. The molecular formula is C28H26FNO7S2. The maximum Gasteiger partial charge on any atom is 0.340 e. The summed E-state index contributed by atoms with van der Waals surface area (Å²) in [6.07, 6.45) is 4.33. The zero-order chi connectivity index (χ0) is 27.9. The SMILES string of the molecule is CS(=O)CCN(c1cc2oc(-c3ccc(Oc4ccc(F)cc4)cc3)c(C(=O)O)c2cc1C1CC1)S(C)(=O)=O. The van der Waals surface area contributed by atoms with Crippen LogP contribution in [-0.2, 0) is 20.8 Å². The summed E-state index contributed by atoms with van der Waals surface area (Å²) in [6.45, 7) is 0.0298. The van der Waals surface area contributed by atoms with Crippen molar-refractivity contribution in [2.45, 2.75) is 18.8 Å². The van der Waals surface area contributed by atoms with Gasteiger partial charge in [-0.1, -0.05) is 0 Å². The molecule has 5 rings (SSSR count). The number of carboxylic acid groups (broad SMARTS) is 1. The predicted octanol–water partition coefficient (Wildman–Crippen LogP) is 5.75. The van der Waals surface area contributed by atoms with Crippen LogP contribution in [-0.4, -0.2) is 48.5 Å². The van der Waals surface area contributed by atoms with Crippen molar-refractivity contribution in [2.75, 3.05) is 29.1 Å². The summed E-state index contributed by atoms with van der Waals surface area (Å²) in [5.41, 5.74) is 1.85. The maximum absolute atomic E-state index is 13.2. The highest BCUT2D eigenvalue weighted by Gasteiger charge is 2.33. The topological polar surface area (TPSA) is 114 Å². The Morgan fingerprint density at radius 1 is 1.10 bits per heavy atom. The van der Waals surface area contributed by atoms with E-state index in [1.807, 2.05) is 0 Å². The van der Waals surface area contributed by atoms with Crippen LogP contribution in [0.1, 0.15) is 34.7 Å². The number of carboxylic acids is 1. The number of benzene rings is 3. The molecular weight excluding hydrogens is 545 g/mol. The van der Waals surface area contributed by atoms with Crippen LogP contribution >= 0.6 is 0 Å². The zero-order valence-corrected chi connectivity index (χ0v) is 22.9. The normalized spacial score (nSPS) is 14.3. The van der Waals surface area contributed by atoms with Crippen molar-refractivity contribution in [3.05, 3.63) is 77.6 Å². The Labute approximate surface area is 227 Å². The quantitative estimate of drug-likeness (QED) is 0.258. The molecule has 1 saturated carbocycles. The van der Waals surface area contributed by atoms with Crippen molar-refractivity contribution < 1.29 is 36.1 Å². The molecule has 39 heavy (non-hydrogen) atoms. The molecule has 0 saturated heterocycles. The Morgan fingerprint density at radius 2 is 1.72 bits per heavy atom. The van der Waals surface area contributed by atoms with E-state index in [0.29, 0.717) is 28.1 Å². The van der Waals surface area contributed by atoms with Crippen LogP contribution < -0.4 is 9.04 Å². The number of fused-ring (bicyclic) bond motifs is 1. The molecule has 8 nitrogen and oxygen atoms in total. The van der Waals surface area contributed by atoms with Gasteiger partial charge in [0, 0.05) is 46.4 Å². The first-order valence-electron chi connectivity index (χ1n) is 12.2. The van der Waals surface area contributed by atoms with Gasteiger partial charge in [-0.2, -0.15) is 0 Å². The van der Waals surface area contributed by atoms with Crippen LogP contribution in [0.2, 0.25) is 0 Å². The van der Waals surface area contributed by atoms with Crippen molar-refractivity contribution in [1.29, 1.82) is 0 Å². The number of halogens is 1. The summed E-state index contributed by atoms with van der Waals surface area (Å²) >= 11 is 0. The van der Waals surface area contributed by atoms with Crippen molar-refractivity contribution in [2.24, 2.45) is 0 Å². The molecule has 1 heterocycles. The van der Waals surface area contributed by atoms with Crippen molar-refractivity contribution in [1.82, 2.24) is 0 Å². The van der Waals surface area contributed by atoms with Crippen molar-refractivity contribution >= 4 is 43.4 Å². The highest BCUT2D eigenvalue weighted by atomic mass is 32.2. The Balaban J connectivity index is 1.58. The first-order chi connectivity index (χ1) is 18.5. The number of hydrogen-bond acceptors (Lipinski definition) is 6. The third-order valence-electron chi connectivity index (χ3n) is 6.49. The summed E-state index contributed by atoms with van der Waals surface area (Å²) in [7, 11) is -4.91. The van der Waals surface area contributed by atoms with Gasteiger partial charge in [-0.25, -0.2) is 17.6 Å². The summed E-state index contributed by atoms with van der Waals surface area (Å²) in [6, 6.07) is 15.5. The highest BCUT2D eigenvalue weighted by molar-refractivity contribution is 7.92. The Morgan fingerprint density at radius 3 is 2.26 bits per heavy atom. The molecule has 1 fully saturated rings. The summed E-state index contributed by atoms with van der Waals surface area (Å²) in [5.74, 6) is -0.252. The van der Waals surface area contributed by atoms with Gasteiger partial charge in [-0.05, 0) is 78.9 Å². The molecule has 1 aromatic heterocycles. The molecule has 0 bridgehead atoms. The molecule has 11 heteroatoms. The number of sulfonamides is 1. The molecule has 3 aromatic carbocycles. The zero-order valence-electron chi connectivity index (χ0n) is 21.2. The number of furan rings is 1. The van der Waals surface area contributed by atoms with E-state index < -0.39 is 26.8 Å². The molecule has 1 atom stereocenters. The molecule has 0 spiro atoms. The number of nitrogens with zero attached hydrogens (tertiary/aromatic N) is 1. The van der Waals surface area contributed by atoms with E-state index in [-0.39, 0.29) is 40.9 Å². The average molecular weight is 572 g/mol. The third kappa shape index (κ3) is 5.84. The highest BCUT2D eigenvalue weighted by Crippen LogP contribution is 2.48. The minimum atomic E-state index is -3.71. The van der Waals surface area contributed by atoms with E-state index in [1.54, 1.807) is 36.4 Å². The second-order valence-corrected chi connectivity index (χ2v) is 12.9. The van der Waals surface area contributed by atoms with E-state index in [1.165, 1.54) is 34.8 Å². The van der Waals surface area contributed by atoms with E-state index in [9.17, 15) is 26.9 Å². The summed E-state index contributed by atoms with van der Waals surface area (Å²) in [5, 5.41) is 10.5. The van der Waals surface area contributed by atoms with Gasteiger partial charge < -0.3 is 14.3 Å². The number of carbonyl (C=O) groups is 1. The molecule has 4 aromatic rings. The van der Waals surface area contributed by atoms with E-state index in [4.69, 9.17) is 9.15 Å². The van der Waals surface area contributed by atoms with Gasteiger partial charge in [0.1, 0.15) is 34.2 Å². The fourth-order valence-corrected chi connectivity index (χ4v) is 5.98. The van der Waals surface area contributed by atoms with Crippen LogP contribution in [0.5, 0.6) is 11.5 Å². The van der Waals surface area contributed by atoms with Crippen LogP contribution in [0.25, 0.3) is 22.3 Å². The molecule has 1 unspecified atom stereocenters. The van der Waals surface area contributed by atoms with Crippen LogP contribution in [0.15, 0.2) is 65.1 Å². The third-order valence-corrected chi connectivity index (χ3v) is 8.42. The minimum Gasteiger partial charge on any atom is -0.478 e. The van der Waals surface area contributed by atoms with Crippen molar-refractivity contribution in [3.63, 3.8) is 0 Å². The van der Waals surface area contributed by atoms with Gasteiger partial charge in [-0.3, -0.25) is 8.51 Å². The number of rotatable bonds is 10. The van der Waals surface area contributed by atoms with Crippen LogP contribution in [0.4, 0.5) is 10.1 Å². The predicted molar refractivity (Wildman–Crippen MR) is 148 cm³/mol. The number of ether oxygens (including phenoxy) is 1. The van der Waals surface area contributed by atoms with E-state index in [0.717, 1.165) is 24.7 Å². The molecule has 1 N–H and O–H groups in total. The van der Waals surface area contributed by atoms with E-state index >= 15 is 0 Å². The molecule has 0 amide bonds. The lowest BCUT2D eigenvalue weighted by atomic mass is 10.0. The molecule has 204 valence electrons. The summed E-state index contributed by atoms with van der Waals surface area (Å²) in [4.78, 5) is 12.4. The summed E-state index contributed by atoms with van der Waals surface area (Å²) < 4.78 is 63.4. The van der Waals surface area contributed by atoms with Crippen LogP contribution in [0.3, 0.4) is 0 Å². The largest absolute Gasteiger partial charge is 0.478 e. The van der Waals surface area contributed by atoms with Gasteiger partial charge in [-0.15, -0.1) is 0 Å². The Bertz CT molecular complexity index is 1680. The first-order valence-corrected chi connectivity index (χ1v) is 15.7. The Hall–Kier alpha value is -3.70. The lowest BCUT2D eigenvalue weighted by molar-refractivity contribution is 0.0699. The van der Waals surface area contributed by atoms with Gasteiger partial charge >= 0.3 is 5.97 Å². The molecule has 1 aliphatic rings. The minimum absolute atomic E-state index is 0.0220. The fourth-order valence-electron chi connectivity index (χ4n) is 4.49. The molecule has 1 aliphatic carbocycles. The lowest BCUT2D eigenvalue weighted by Gasteiger charge is -2.24. The standard InChI is InChI=1S/C28H26FNO7S2/c1-38(33)14-13-30(39(2,34)35)24-16-25-23(15-22(24)17-3-4-17)26(28(31)32)27(37-25)18-5-9-20(10-6-18)36-21-11-7-19(29)8-12-21/h5-12,15-17H,3-4,13-14H2,1-2H3,(H,31,32). The van der Waals surface area contributed by atoms with Gasteiger partial charge in [0.25, 0.3) is 0 Å². The average Bonchev–Trinajstić information content (AvgIpc) is 3.64. The van der Waals surface area contributed by atoms with Gasteiger partial charge in [0.2, 0.25) is 10.0 Å². The number of aromatic carboxylic acids is 1.